The Morgan fingerprint density at radius 1 is 0.913 bits per heavy atom. The zero-order valence-electron chi connectivity index (χ0n) is 13.3. The van der Waals surface area contributed by atoms with Gasteiger partial charge in [0.05, 0.1) is 0 Å². The summed E-state index contributed by atoms with van der Waals surface area (Å²) in [6.07, 6.45) is 2.16. The molecule has 2 nitrogen and oxygen atoms in total. The Morgan fingerprint density at radius 3 is 2.52 bits per heavy atom. The van der Waals surface area contributed by atoms with Crippen molar-refractivity contribution in [3.05, 3.63) is 77.9 Å². The van der Waals surface area contributed by atoms with Gasteiger partial charge in [-0.3, -0.25) is 5.32 Å². The summed E-state index contributed by atoms with van der Waals surface area (Å²) in [4.78, 5) is 0. The van der Waals surface area contributed by atoms with E-state index in [0.717, 1.165) is 18.6 Å². The normalized spacial score (nSPS) is 20.0. The number of rotatable bonds is 3. The zero-order valence-corrected chi connectivity index (χ0v) is 13.3. The van der Waals surface area contributed by atoms with E-state index in [1.807, 2.05) is 6.07 Å². The first-order valence-corrected chi connectivity index (χ1v) is 8.36. The van der Waals surface area contributed by atoms with E-state index < -0.39 is 0 Å². The van der Waals surface area contributed by atoms with E-state index in [2.05, 4.69) is 72.9 Å². The smallest absolute Gasteiger partial charge is 0.177 e. The van der Waals surface area contributed by atoms with Crippen LogP contribution < -0.4 is 10.1 Å². The fourth-order valence-electron chi connectivity index (χ4n) is 3.47. The molecule has 4 rings (SSSR count). The van der Waals surface area contributed by atoms with Crippen LogP contribution in [0.3, 0.4) is 0 Å². The summed E-state index contributed by atoms with van der Waals surface area (Å²) in [6.45, 7) is 2.24. The van der Waals surface area contributed by atoms with Crippen LogP contribution in [0.25, 0.3) is 10.8 Å². The maximum atomic E-state index is 6.29. The maximum Gasteiger partial charge on any atom is 0.177 e. The van der Waals surface area contributed by atoms with Crippen LogP contribution in [0.2, 0.25) is 0 Å². The number of nitrogens with one attached hydrogen (secondary N) is 1. The molecule has 0 saturated carbocycles. The molecule has 3 aromatic carbocycles. The molecule has 0 fully saturated rings. The van der Waals surface area contributed by atoms with Crippen LogP contribution in [-0.2, 0) is 0 Å². The summed E-state index contributed by atoms with van der Waals surface area (Å²) in [6, 6.07) is 23.6. The SMILES string of the molecule is CCC[C@H]1N[C@@H](c2ccccc2)Oc2ccc3ccccc3c21. The third-order valence-corrected chi connectivity index (χ3v) is 4.56. The van der Waals surface area contributed by atoms with Crippen molar-refractivity contribution in [3.8, 4) is 5.75 Å². The fourth-order valence-corrected chi connectivity index (χ4v) is 3.47. The summed E-state index contributed by atoms with van der Waals surface area (Å²) in [7, 11) is 0. The van der Waals surface area contributed by atoms with Crippen molar-refractivity contribution >= 4 is 10.8 Å². The number of hydrogen-bond donors (Lipinski definition) is 1. The highest BCUT2D eigenvalue weighted by atomic mass is 16.5. The first kappa shape index (κ1) is 14.3. The Morgan fingerprint density at radius 2 is 1.70 bits per heavy atom. The molecule has 1 aliphatic rings. The zero-order chi connectivity index (χ0) is 15.6. The monoisotopic (exact) mass is 303 g/mol. The van der Waals surface area contributed by atoms with E-state index in [1.54, 1.807) is 0 Å². The summed E-state index contributed by atoms with van der Waals surface area (Å²) in [5.41, 5.74) is 2.48. The second-order valence-electron chi connectivity index (χ2n) is 6.12. The third kappa shape index (κ3) is 2.60. The molecule has 1 aliphatic heterocycles. The van der Waals surface area contributed by atoms with Crippen molar-refractivity contribution in [3.63, 3.8) is 0 Å². The molecule has 0 spiro atoms. The van der Waals surface area contributed by atoms with Crippen molar-refractivity contribution in [2.24, 2.45) is 0 Å². The highest BCUT2D eigenvalue weighted by Gasteiger charge is 2.29. The van der Waals surface area contributed by atoms with Crippen LogP contribution in [0, 0.1) is 0 Å². The predicted molar refractivity (Wildman–Crippen MR) is 94.5 cm³/mol. The minimum absolute atomic E-state index is 0.0820. The first-order chi connectivity index (χ1) is 11.4. The number of hydrogen-bond acceptors (Lipinski definition) is 2. The molecule has 2 atom stereocenters. The van der Waals surface area contributed by atoms with Gasteiger partial charge >= 0.3 is 0 Å². The molecule has 0 radical (unpaired) electrons. The standard InChI is InChI=1S/C21H21NO/c1-2-8-18-20-17-12-7-6-9-15(17)13-14-19(20)23-21(22-18)16-10-4-3-5-11-16/h3-7,9-14,18,21-22H,2,8H2,1H3/t18-,21-/m1/s1. The Balaban J connectivity index is 1.81. The van der Waals surface area contributed by atoms with Gasteiger partial charge in [0.1, 0.15) is 5.75 Å². The summed E-state index contributed by atoms with van der Waals surface area (Å²) in [5, 5.41) is 6.26. The van der Waals surface area contributed by atoms with Gasteiger partial charge in [0.15, 0.2) is 6.23 Å². The van der Waals surface area contributed by atoms with Gasteiger partial charge in [-0.25, -0.2) is 0 Å². The largest absolute Gasteiger partial charge is 0.471 e. The molecule has 0 saturated heterocycles. The van der Waals surface area contributed by atoms with Crippen LogP contribution in [-0.4, -0.2) is 0 Å². The molecule has 23 heavy (non-hydrogen) atoms. The lowest BCUT2D eigenvalue weighted by atomic mass is 9.93. The minimum Gasteiger partial charge on any atom is -0.471 e. The summed E-state index contributed by atoms with van der Waals surface area (Å²) >= 11 is 0. The summed E-state index contributed by atoms with van der Waals surface area (Å²) < 4.78 is 6.29. The van der Waals surface area contributed by atoms with Gasteiger partial charge in [-0.2, -0.15) is 0 Å². The van der Waals surface area contributed by atoms with Crippen LogP contribution >= 0.6 is 0 Å². The Bertz CT molecular complexity index is 812. The molecule has 2 heteroatoms. The van der Waals surface area contributed by atoms with E-state index in [-0.39, 0.29) is 6.23 Å². The van der Waals surface area contributed by atoms with Gasteiger partial charge in [0, 0.05) is 17.2 Å². The predicted octanol–water partition coefficient (Wildman–Crippen LogP) is 5.36. The van der Waals surface area contributed by atoms with Crippen molar-refractivity contribution < 1.29 is 4.74 Å². The van der Waals surface area contributed by atoms with Gasteiger partial charge in [0.25, 0.3) is 0 Å². The fraction of sp³-hybridized carbons (Fsp3) is 0.238. The van der Waals surface area contributed by atoms with E-state index in [4.69, 9.17) is 4.74 Å². The lowest BCUT2D eigenvalue weighted by Crippen LogP contribution is -2.35. The van der Waals surface area contributed by atoms with E-state index in [1.165, 1.54) is 21.9 Å². The van der Waals surface area contributed by atoms with E-state index >= 15 is 0 Å². The molecule has 1 N–H and O–H groups in total. The topological polar surface area (TPSA) is 21.3 Å². The third-order valence-electron chi connectivity index (χ3n) is 4.56. The second kappa shape index (κ2) is 6.05. The van der Waals surface area contributed by atoms with Gasteiger partial charge in [0.2, 0.25) is 0 Å². The Kier molecular flexibility index (Phi) is 3.76. The molecular weight excluding hydrogens is 282 g/mol. The number of fused-ring (bicyclic) bond motifs is 3. The molecule has 116 valence electrons. The Hall–Kier alpha value is -2.32. The lowest BCUT2D eigenvalue weighted by molar-refractivity contribution is 0.122. The average molecular weight is 303 g/mol. The molecule has 1 heterocycles. The number of ether oxygens (including phenoxy) is 1. The van der Waals surface area contributed by atoms with Crippen LogP contribution in [0.4, 0.5) is 0 Å². The molecular formula is C21H21NO. The van der Waals surface area contributed by atoms with Gasteiger partial charge < -0.3 is 4.74 Å². The molecule has 0 amide bonds. The van der Waals surface area contributed by atoms with E-state index in [9.17, 15) is 0 Å². The molecule has 0 aromatic heterocycles. The van der Waals surface area contributed by atoms with Gasteiger partial charge in [-0.1, -0.05) is 74.0 Å². The van der Waals surface area contributed by atoms with Crippen molar-refractivity contribution in [1.82, 2.24) is 5.32 Å². The Labute approximate surface area is 137 Å². The number of benzene rings is 3. The van der Waals surface area contributed by atoms with Crippen molar-refractivity contribution in [1.29, 1.82) is 0 Å². The van der Waals surface area contributed by atoms with Crippen molar-refractivity contribution in [2.45, 2.75) is 32.0 Å². The molecule has 0 bridgehead atoms. The van der Waals surface area contributed by atoms with Crippen LogP contribution in [0.1, 0.15) is 43.2 Å². The van der Waals surface area contributed by atoms with E-state index in [0.29, 0.717) is 6.04 Å². The second-order valence-corrected chi connectivity index (χ2v) is 6.12. The van der Waals surface area contributed by atoms with Crippen molar-refractivity contribution in [2.75, 3.05) is 0 Å². The first-order valence-electron chi connectivity index (χ1n) is 8.36. The lowest BCUT2D eigenvalue weighted by Gasteiger charge is -2.34. The molecule has 0 aliphatic carbocycles. The highest BCUT2D eigenvalue weighted by Crippen LogP contribution is 2.41. The van der Waals surface area contributed by atoms with Gasteiger partial charge in [-0.05, 0) is 23.3 Å². The maximum absolute atomic E-state index is 6.29. The molecule has 0 unspecified atom stereocenters. The quantitative estimate of drug-likeness (QED) is 0.703. The summed E-state index contributed by atoms with van der Waals surface area (Å²) in [5.74, 6) is 1.01. The molecule has 3 aromatic rings. The average Bonchev–Trinajstić information content (AvgIpc) is 2.62. The highest BCUT2D eigenvalue weighted by molar-refractivity contribution is 5.88. The van der Waals surface area contributed by atoms with Crippen LogP contribution in [0.5, 0.6) is 5.75 Å². The minimum atomic E-state index is -0.0820. The van der Waals surface area contributed by atoms with Gasteiger partial charge in [-0.15, -0.1) is 0 Å². The van der Waals surface area contributed by atoms with Crippen LogP contribution in [0.15, 0.2) is 66.7 Å².